The van der Waals surface area contributed by atoms with Gasteiger partial charge in [-0.3, -0.25) is 4.99 Å². The Morgan fingerprint density at radius 1 is 1.15 bits per heavy atom. The summed E-state index contributed by atoms with van der Waals surface area (Å²) in [4.78, 5) is 9.93. The van der Waals surface area contributed by atoms with Crippen molar-refractivity contribution in [2.24, 2.45) is 4.99 Å². The molecule has 3 rings (SSSR count). The molecule has 0 radical (unpaired) electrons. The fourth-order valence-electron chi connectivity index (χ4n) is 2.76. The zero-order chi connectivity index (χ0) is 18.4. The van der Waals surface area contributed by atoms with Crippen LogP contribution in [0.3, 0.4) is 0 Å². The van der Waals surface area contributed by atoms with Crippen LogP contribution in [-0.2, 0) is 19.6 Å². The summed E-state index contributed by atoms with van der Waals surface area (Å²) in [5.41, 5.74) is 3.82. The van der Waals surface area contributed by atoms with Crippen LogP contribution in [0, 0.1) is 13.8 Å². The topological polar surface area (TPSA) is 54.2 Å². The average Bonchev–Trinajstić information content (AvgIpc) is 3.24. The van der Waals surface area contributed by atoms with Gasteiger partial charge in [-0.1, -0.05) is 24.3 Å². The zero-order valence-electron chi connectivity index (χ0n) is 15.9. The Balaban J connectivity index is 0.00000261. The Morgan fingerprint density at radius 2 is 1.93 bits per heavy atom. The Bertz CT molecular complexity index is 884. The number of aromatic nitrogens is 2. The molecule has 0 unspecified atom stereocenters. The monoisotopic (exact) mass is 495 g/mol. The minimum Gasteiger partial charge on any atom is -0.352 e. The summed E-state index contributed by atoms with van der Waals surface area (Å²) in [5, 5.41) is 8.89. The van der Waals surface area contributed by atoms with E-state index in [0.717, 1.165) is 31.4 Å². The van der Waals surface area contributed by atoms with Crippen LogP contribution in [0.5, 0.6) is 0 Å². The summed E-state index contributed by atoms with van der Waals surface area (Å²) in [6.45, 7) is 6.53. The maximum atomic E-state index is 4.31. The smallest absolute Gasteiger partial charge is 0.191 e. The van der Waals surface area contributed by atoms with Gasteiger partial charge in [0.25, 0.3) is 0 Å². The van der Waals surface area contributed by atoms with Gasteiger partial charge in [0.05, 0.1) is 6.54 Å². The van der Waals surface area contributed by atoms with Crippen molar-refractivity contribution in [3.8, 4) is 0 Å². The van der Waals surface area contributed by atoms with E-state index in [2.05, 4.69) is 67.8 Å². The molecular weight excluding hydrogens is 469 g/mol. The Morgan fingerprint density at radius 3 is 2.59 bits per heavy atom. The number of nitrogens with zero attached hydrogens (tertiary/aromatic N) is 3. The summed E-state index contributed by atoms with van der Waals surface area (Å²) >= 11 is 1.77. The predicted octanol–water partition coefficient (Wildman–Crippen LogP) is 4.09. The largest absolute Gasteiger partial charge is 0.352 e. The van der Waals surface area contributed by atoms with Gasteiger partial charge in [-0.15, -0.1) is 35.3 Å². The number of imidazole rings is 1. The minimum atomic E-state index is 0. The van der Waals surface area contributed by atoms with Crippen molar-refractivity contribution in [1.29, 1.82) is 0 Å². The lowest BCUT2D eigenvalue weighted by atomic mass is 10.1. The van der Waals surface area contributed by atoms with Gasteiger partial charge in [0.2, 0.25) is 0 Å². The highest BCUT2D eigenvalue weighted by atomic mass is 127. The standard InChI is InChI=1S/C20H25N5S.HI/c1-15-7-10-26-19(15)13-24-20(21-3)23-12-17-5-4-6-18(11-17)14-25-9-8-22-16(25)2;/h4-11H,12-14H2,1-3H3,(H2,21,23,24);1H. The maximum Gasteiger partial charge on any atom is 0.191 e. The fraction of sp³-hybridized carbons (Fsp3) is 0.300. The molecule has 0 spiro atoms. The second kappa shape index (κ2) is 10.5. The number of thiophene rings is 1. The van der Waals surface area contributed by atoms with Crippen molar-refractivity contribution < 1.29 is 0 Å². The minimum absolute atomic E-state index is 0. The third kappa shape index (κ3) is 6.07. The van der Waals surface area contributed by atoms with E-state index in [1.54, 1.807) is 18.4 Å². The van der Waals surface area contributed by atoms with Gasteiger partial charge < -0.3 is 15.2 Å². The van der Waals surface area contributed by atoms with Gasteiger partial charge >= 0.3 is 0 Å². The highest BCUT2D eigenvalue weighted by Crippen LogP contribution is 2.14. The molecule has 144 valence electrons. The van der Waals surface area contributed by atoms with Crippen molar-refractivity contribution in [2.75, 3.05) is 7.05 Å². The first-order valence-corrected chi connectivity index (χ1v) is 9.56. The van der Waals surface area contributed by atoms with Crippen molar-refractivity contribution >= 4 is 41.3 Å². The van der Waals surface area contributed by atoms with Crippen LogP contribution in [-0.4, -0.2) is 22.6 Å². The molecule has 0 fully saturated rings. The van der Waals surface area contributed by atoms with E-state index >= 15 is 0 Å². The molecule has 3 aromatic rings. The van der Waals surface area contributed by atoms with Crippen molar-refractivity contribution in [1.82, 2.24) is 20.2 Å². The number of benzene rings is 1. The van der Waals surface area contributed by atoms with Gasteiger partial charge in [-0.05, 0) is 42.0 Å². The molecule has 0 atom stereocenters. The number of halogens is 1. The van der Waals surface area contributed by atoms with Crippen LogP contribution in [0.2, 0.25) is 0 Å². The van der Waals surface area contributed by atoms with Crippen molar-refractivity contribution in [3.05, 3.63) is 75.5 Å². The number of nitrogens with one attached hydrogen (secondary N) is 2. The summed E-state index contributed by atoms with van der Waals surface area (Å²) in [7, 11) is 1.80. The lowest BCUT2D eigenvalue weighted by molar-refractivity contribution is 0.758. The van der Waals surface area contributed by atoms with E-state index in [0.29, 0.717) is 0 Å². The quantitative estimate of drug-likeness (QED) is 0.308. The molecule has 2 N–H and O–H groups in total. The molecule has 0 aliphatic heterocycles. The van der Waals surface area contributed by atoms with Crippen LogP contribution in [0.15, 0.2) is 53.1 Å². The molecule has 0 amide bonds. The fourth-order valence-corrected chi connectivity index (χ4v) is 3.61. The van der Waals surface area contributed by atoms with Crippen molar-refractivity contribution in [2.45, 2.75) is 33.5 Å². The van der Waals surface area contributed by atoms with Crippen molar-refractivity contribution in [3.63, 3.8) is 0 Å². The Labute approximate surface area is 182 Å². The van der Waals surface area contributed by atoms with Crippen LogP contribution in [0.1, 0.15) is 27.4 Å². The number of rotatable bonds is 6. The molecule has 5 nitrogen and oxygen atoms in total. The highest BCUT2D eigenvalue weighted by molar-refractivity contribution is 14.0. The van der Waals surface area contributed by atoms with Gasteiger partial charge in [0.1, 0.15) is 5.82 Å². The normalized spacial score (nSPS) is 11.1. The number of guanidine groups is 1. The van der Waals surface area contributed by atoms with Crippen LogP contribution < -0.4 is 10.6 Å². The molecule has 0 saturated heterocycles. The van der Waals surface area contributed by atoms with E-state index in [-0.39, 0.29) is 24.0 Å². The molecule has 27 heavy (non-hydrogen) atoms. The van der Waals surface area contributed by atoms with E-state index in [9.17, 15) is 0 Å². The Kier molecular flexibility index (Phi) is 8.30. The number of aliphatic imine (C=N–C) groups is 1. The first-order chi connectivity index (χ1) is 12.7. The molecule has 2 aromatic heterocycles. The van der Waals surface area contributed by atoms with Gasteiger partial charge in [0.15, 0.2) is 5.96 Å². The lowest BCUT2D eigenvalue weighted by Crippen LogP contribution is -2.36. The molecule has 0 saturated carbocycles. The number of aryl methyl sites for hydroxylation is 2. The number of hydrogen-bond donors (Lipinski definition) is 2. The highest BCUT2D eigenvalue weighted by Gasteiger charge is 2.04. The zero-order valence-corrected chi connectivity index (χ0v) is 19.0. The average molecular weight is 495 g/mol. The second-order valence-electron chi connectivity index (χ2n) is 6.23. The summed E-state index contributed by atoms with van der Waals surface area (Å²) in [6.07, 6.45) is 3.85. The first kappa shape index (κ1) is 21.4. The van der Waals surface area contributed by atoms with Gasteiger partial charge in [-0.25, -0.2) is 4.98 Å². The predicted molar refractivity (Wildman–Crippen MR) is 124 cm³/mol. The SMILES string of the molecule is CN=C(NCc1cccc(Cn2ccnc2C)c1)NCc1sccc1C.I. The van der Waals surface area contributed by atoms with Gasteiger partial charge in [0, 0.05) is 37.4 Å². The maximum absolute atomic E-state index is 4.31. The van der Waals surface area contributed by atoms with E-state index in [4.69, 9.17) is 0 Å². The number of hydrogen-bond acceptors (Lipinski definition) is 3. The summed E-state index contributed by atoms with van der Waals surface area (Å²) in [5.74, 6) is 1.84. The van der Waals surface area contributed by atoms with E-state index in [1.165, 1.54) is 21.6 Å². The third-order valence-electron chi connectivity index (χ3n) is 4.34. The second-order valence-corrected chi connectivity index (χ2v) is 7.23. The molecule has 0 aliphatic carbocycles. The van der Waals surface area contributed by atoms with Gasteiger partial charge in [-0.2, -0.15) is 0 Å². The van der Waals surface area contributed by atoms with Crippen LogP contribution in [0.4, 0.5) is 0 Å². The van der Waals surface area contributed by atoms with E-state index in [1.807, 2.05) is 19.3 Å². The molecule has 2 heterocycles. The van der Waals surface area contributed by atoms with Crippen LogP contribution >= 0.6 is 35.3 Å². The summed E-state index contributed by atoms with van der Waals surface area (Å²) < 4.78 is 2.15. The van der Waals surface area contributed by atoms with E-state index < -0.39 is 0 Å². The third-order valence-corrected chi connectivity index (χ3v) is 5.36. The Hall–Kier alpha value is -1.87. The lowest BCUT2D eigenvalue weighted by Gasteiger charge is -2.13. The first-order valence-electron chi connectivity index (χ1n) is 8.68. The molecule has 0 bridgehead atoms. The molecule has 7 heteroatoms. The molecule has 1 aromatic carbocycles. The molecule has 0 aliphatic rings. The summed E-state index contributed by atoms with van der Waals surface area (Å²) in [6, 6.07) is 10.8. The molecular formula is C20H26IN5S. The van der Waals surface area contributed by atoms with Crippen LogP contribution in [0.25, 0.3) is 0 Å².